The van der Waals surface area contributed by atoms with Crippen molar-refractivity contribution in [2.24, 2.45) is 0 Å². The van der Waals surface area contributed by atoms with Crippen molar-refractivity contribution in [3.05, 3.63) is 40.9 Å². The van der Waals surface area contributed by atoms with E-state index in [4.69, 9.17) is 16.3 Å². The summed E-state index contributed by atoms with van der Waals surface area (Å²) in [5.74, 6) is 1.57. The number of nitrogens with zero attached hydrogens (tertiary/aromatic N) is 3. The van der Waals surface area contributed by atoms with Gasteiger partial charge in [0.2, 0.25) is 0 Å². The van der Waals surface area contributed by atoms with Crippen LogP contribution in [0.25, 0.3) is 0 Å². The molecule has 0 saturated heterocycles. The number of rotatable bonds is 5. The monoisotopic (exact) mass is 343 g/mol. The molecule has 2 rings (SSSR count). The maximum absolute atomic E-state index is 6.13. The fraction of sp³-hybridized carbons (Fsp3) is 0.385. The first-order valence-corrected chi connectivity index (χ1v) is 7.48. The largest absolute Gasteiger partial charge is 0.485 e. The van der Waals surface area contributed by atoms with Crippen LogP contribution in [0.3, 0.4) is 0 Å². The molecule has 6 heteroatoms. The summed E-state index contributed by atoms with van der Waals surface area (Å²) in [6, 6.07) is 5.88. The van der Waals surface area contributed by atoms with Gasteiger partial charge in [0, 0.05) is 22.0 Å². The van der Waals surface area contributed by atoms with Crippen LogP contribution in [0.4, 0.5) is 0 Å². The summed E-state index contributed by atoms with van der Waals surface area (Å²) in [5, 5.41) is 5.52. The molecule has 19 heavy (non-hydrogen) atoms. The van der Waals surface area contributed by atoms with E-state index in [0.29, 0.717) is 17.0 Å². The minimum Gasteiger partial charge on any atom is -0.485 e. The standard InChI is InChI=1S/C13H15BrClN3O/c1-9(2)18-13(16-8-17-18)7-19-12-5-3-4-11(15)10(12)6-14/h3-5,8-9H,6-7H2,1-2H3. The number of aromatic nitrogens is 3. The molecular formula is C13H15BrClN3O. The molecule has 0 saturated carbocycles. The molecule has 0 atom stereocenters. The Hall–Kier alpha value is -1.07. The summed E-state index contributed by atoms with van der Waals surface area (Å²) in [7, 11) is 0. The minimum absolute atomic E-state index is 0.260. The van der Waals surface area contributed by atoms with E-state index < -0.39 is 0 Å². The quantitative estimate of drug-likeness (QED) is 0.770. The maximum Gasteiger partial charge on any atom is 0.165 e. The molecule has 0 N–H and O–H groups in total. The summed E-state index contributed by atoms with van der Waals surface area (Å²) in [5.41, 5.74) is 0.944. The topological polar surface area (TPSA) is 39.9 Å². The lowest BCUT2D eigenvalue weighted by molar-refractivity contribution is 0.280. The SMILES string of the molecule is CC(C)n1ncnc1COc1cccc(Cl)c1CBr. The predicted molar refractivity (Wildman–Crippen MR) is 78.8 cm³/mol. The van der Waals surface area contributed by atoms with Gasteiger partial charge in [-0.3, -0.25) is 0 Å². The van der Waals surface area contributed by atoms with Gasteiger partial charge in [-0.15, -0.1) is 0 Å². The molecule has 4 nitrogen and oxygen atoms in total. The summed E-state index contributed by atoms with van der Waals surface area (Å²) < 4.78 is 7.65. The van der Waals surface area contributed by atoms with Crippen molar-refractivity contribution >= 4 is 27.5 Å². The second kappa shape index (κ2) is 6.39. The van der Waals surface area contributed by atoms with Crippen molar-refractivity contribution in [2.75, 3.05) is 0 Å². The molecule has 0 fully saturated rings. The van der Waals surface area contributed by atoms with Gasteiger partial charge in [-0.1, -0.05) is 33.6 Å². The van der Waals surface area contributed by atoms with Gasteiger partial charge in [0.05, 0.1) is 0 Å². The zero-order valence-corrected chi connectivity index (χ0v) is 13.1. The van der Waals surface area contributed by atoms with Crippen LogP contribution in [0.2, 0.25) is 5.02 Å². The summed E-state index contributed by atoms with van der Waals surface area (Å²) in [6.07, 6.45) is 1.54. The van der Waals surface area contributed by atoms with Crippen molar-refractivity contribution < 1.29 is 4.74 Å². The molecule has 0 amide bonds. The van der Waals surface area contributed by atoms with Gasteiger partial charge in [-0.2, -0.15) is 5.10 Å². The highest BCUT2D eigenvalue weighted by atomic mass is 79.9. The zero-order chi connectivity index (χ0) is 13.8. The van der Waals surface area contributed by atoms with Crippen LogP contribution in [-0.4, -0.2) is 14.8 Å². The molecule has 0 spiro atoms. The molecule has 0 unspecified atom stereocenters. The Labute approximate surface area is 125 Å². The van der Waals surface area contributed by atoms with Crippen LogP contribution in [0, 0.1) is 0 Å². The first-order chi connectivity index (χ1) is 9.13. The fourth-order valence-corrected chi connectivity index (χ4v) is 2.73. The lowest BCUT2D eigenvalue weighted by Gasteiger charge is -2.13. The highest BCUT2D eigenvalue weighted by Crippen LogP contribution is 2.29. The number of hydrogen-bond acceptors (Lipinski definition) is 3. The van der Waals surface area contributed by atoms with Crippen LogP contribution >= 0.6 is 27.5 Å². The van der Waals surface area contributed by atoms with Gasteiger partial charge in [-0.25, -0.2) is 9.67 Å². The van der Waals surface area contributed by atoms with Crippen LogP contribution in [-0.2, 0) is 11.9 Å². The van der Waals surface area contributed by atoms with E-state index in [0.717, 1.165) is 17.1 Å². The van der Waals surface area contributed by atoms with Crippen LogP contribution < -0.4 is 4.74 Å². The first kappa shape index (κ1) is 14.3. The average molecular weight is 345 g/mol. The Morgan fingerprint density at radius 2 is 2.21 bits per heavy atom. The van der Waals surface area contributed by atoms with E-state index in [1.54, 1.807) is 6.33 Å². The lowest BCUT2D eigenvalue weighted by atomic mass is 10.2. The van der Waals surface area contributed by atoms with Gasteiger partial charge >= 0.3 is 0 Å². The molecule has 2 aromatic rings. The van der Waals surface area contributed by atoms with Crippen molar-refractivity contribution in [3.63, 3.8) is 0 Å². The number of benzene rings is 1. The van der Waals surface area contributed by atoms with Crippen LogP contribution in [0.1, 0.15) is 31.3 Å². The number of alkyl halides is 1. The Kier molecular flexibility index (Phi) is 4.82. The number of halogens is 2. The van der Waals surface area contributed by atoms with E-state index in [1.807, 2.05) is 22.9 Å². The van der Waals surface area contributed by atoms with Crippen LogP contribution in [0.15, 0.2) is 24.5 Å². The molecule has 1 heterocycles. The molecule has 0 aliphatic heterocycles. The molecule has 0 aliphatic rings. The Bertz CT molecular complexity index is 557. The normalized spacial score (nSPS) is 11.0. The smallest absolute Gasteiger partial charge is 0.165 e. The van der Waals surface area contributed by atoms with Gasteiger partial charge < -0.3 is 4.74 Å². The highest BCUT2D eigenvalue weighted by Gasteiger charge is 2.11. The van der Waals surface area contributed by atoms with Crippen molar-refractivity contribution in [1.82, 2.24) is 14.8 Å². The molecular weight excluding hydrogens is 330 g/mol. The average Bonchev–Trinajstić information content (AvgIpc) is 2.84. The zero-order valence-electron chi connectivity index (χ0n) is 10.8. The molecule has 0 aliphatic carbocycles. The van der Waals surface area contributed by atoms with Gasteiger partial charge in [0.25, 0.3) is 0 Å². The third kappa shape index (κ3) is 3.28. The van der Waals surface area contributed by atoms with E-state index in [1.165, 1.54) is 0 Å². The summed E-state index contributed by atoms with van der Waals surface area (Å²) in [4.78, 5) is 4.21. The third-order valence-corrected chi connectivity index (χ3v) is 3.62. The Morgan fingerprint density at radius 1 is 1.42 bits per heavy atom. The fourth-order valence-electron chi connectivity index (χ4n) is 1.75. The van der Waals surface area contributed by atoms with Gasteiger partial charge in [0.1, 0.15) is 18.7 Å². The molecule has 1 aromatic heterocycles. The Morgan fingerprint density at radius 3 is 2.89 bits per heavy atom. The van der Waals surface area contributed by atoms with E-state index in [9.17, 15) is 0 Å². The second-order valence-electron chi connectivity index (χ2n) is 4.35. The van der Waals surface area contributed by atoms with E-state index in [2.05, 4.69) is 39.9 Å². The third-order valence-electron chi connectivity index (χ3n) is 2.70. The van der Waals surface area contributed by atoms with Gasteiger partial charge in [-0.05, 0) is 26.0 Å². The molecule has 102 valence electrons. The first-order valence-electron chi connectivity index (χ1n) is 5.98. The van der Waals surface area contributed by atoms with Crippen molar-refractivity contribution in [3.8, 4) is 5.75 Å². The highest BCUT2D eigenvalue weighted by molar-refractivity contribution is 9.08. The van der Waals surface area contributed by atoms with Crippen molar-refractivity contribution in [1.29, 1.82) is 0 Å². The molecule has 0 radical (unpaired) electrons. The minimum atomic E-state index is 0.260. The lowest BCUT2D eigenvalue weighted by Crippen LogP contribution is -2.11. The predicted octanol–water partition coefficient (Wildman–Crippen LogP) is 3.99. The molecule has 0 bridgehead atoms. The Balaban J connectivity index is 2.15. The second-order valence-corrected chi connectivity index (χ2v) is 5.32. The van der Waals surface area contributed by atoms with E-state index >= 15 is 0 Å². The van der Waals surface area contributed by atoms with E-state index in [-0.39, 0.29) is 6.04 Å². The van der Waals surface area contributed by atoms with Crippen molar-refractivity contribution in [2.45, 2.75) is 31.8 Å². The van der Waals surface area contributed by atoms with Crippen LogP contribution in [0.5, 0.6) is 5.75 Å². The number of hydrogen-bond donors (Lipinski definition) is 0. The van der Waals surface area contributed by atoms with Gasteiger partial charge in [0.15, 0.2) is 5.82 Å². The summed E-state index contributed by atoms with van der Waals surface area (Å²) >= 11 is 9.55. The maximum atomic E-state index is 6.13. The molecule has 1 aromatic carbocycles. The number of ether oxygens (including phenoxy) is 1. The summed E-state index contributed by atoms with van der Waals surface area (Å²) in [6.45, 7) is 4.49.